The maximum Gasteiger partial charge on any atom is 0.271 e. The van der Waals surface area contributed by atoms with Crippen molar-refractivity contribution in [2.24, 2.45) is 4.99 Å². The highest BCUT2D eigenvalue weighted by Crippen LogP contribution is 2.34. The lowest BCUT2D eigenvalue weighted by Gasteiger charge is -2.22. The Balaban J connectivity index is 1.68. The Labute approximate surface area is 206 Å². The number of hydrogen-bond acceptors (Lipinski definition) is 5. The fourth-order valence-electron chi connectivity index (χ4n) is 4.02. The molecule has 2 aromatic heterocycles. The van der Waals surface area contributed by atoms with Crippen LogP contribution in [0.1, 0.15) is 31.2 Å². The highest BCUT2D eigenvalue weighted by atomic mass is 79.9. The van der Waals surface area contributed by atoms with Crippen molar-refractivity contribution in [2.45, 2.75) is 19.9 Å². The molecule has 0 radical (unpaired) electrons. The number of carbonyl (C=O) groups excluding carboxylic acids is 1. The molecule has 1 atom stereocenters. The summed E-state index contributed by atoms with van der Waals surface area (Å²) in [6.45, 7) is 3.23. The Bertz CT molecular complexity index is 1630. The molecule has 0 spiro atoms. The summed E-state index contributed by atoms with van der Waals surface area (Å²) in [5.41, 5.74) is 2.25. The Morgan fingerprint density at radius 3 is 2.50 bits per heavy atom. The van der Waals surface area contributed by atoms with Crippen LogP contribution >= 0.6 is 27.3 Å². The summed E-state index contributed by atoms with van der Waals surface area (Å²) in [7, 11) is 0. The van der Waals surface area contributed by atoms with Crippen LogP contribution in [-0.2, 0) is 4.79 Å². The topological polar surface area (TPSA) is 64.6 Å². The number of fused-ring (bicyclic) bond motifs is 1. The molecule has 0 saturated heterocycles. The Morgan fingerprint density at radius 2 is 1.82 bits per heavy atom. The van der Waals surface area contributed by atoms with Crippen molar-refractivity contribution in [2.75, 3.05) is 0 Å². The fourth-order valence-corrected chi connectivity index (χ4v) is 5.33. The molecule has 34 heavy (non-hydrogen) atoms. The summed E-state index contributed by atoms with van der Waals surface area (Å²) < 4.78 is 22.4. The minimum absolute atomic E-state index is 0.180. The molecule has 5 rings (SSSR count). The van der Waals surface area contributed by atoms with E-state index in [0.29, 0.717) is 37.7 Å². The van der Waals surface area contributed by atoms with Crippen LogP contribution in [0.3, 0.4) is 0 Å². The van der Waals surface area contributed by atoms with Crippen molar-refractivity contribution < 1.29 is 13.6 Å². The van der Waals surface area contributed by atoms with E-state index < -0.39 is 6.04 Å². The first kappa shape index (κ1) is 22.4. The van der Waals surface area contributed by atoms with Crippen LogP contribution in [0.2, 0.25) is 0 Å². The second kappa shape index (κ2) is 8.77. The number of allylic oxidation sites excluding steroid dienone is 2. The van der Waals surface area contributed by atoms with Crippen molar-refractivity contribution in [1.82, 2.24) is 4.57 Å². The number of rotatable bonds is 4. The number of benzene rings is 2. The van der Waals surface area contributed by atoms with Gasteiger partial charge in [0.25, 0.3) is 5.56 Å². The normalized spacial score (nSPS) is 15.9. The summed E-state index contributed by atoms with van der Waals surface area (Å²) in [4.78, 5) is 31.2. The van der Waals surface area contributed by atoms with Gasteiger partial charge in [-0.15, -0.1) is 0 Å². The molecular weight excluding hydrogens is 519 g/mol. The molecule has 8 heteroatoms. The molecule has 170 valence electrons. The molecule has 1 aliphatic rings. The predicted molar refractivity (Wildman–Crippen MR) is 133 cm³/mol. The third kappa shape index (κ3) is 4.03. The molecule has 5 nitrogen and oxygen atoms in total. The van der Waals surface area contributed by atoms with Gasteiger partial charge >= 0.3 is 0 Å². The molecular formula is C26H18BrFN2O3S. The standard InChI is InChI=1S/C26H18BrFN2O3S/c1-14-23(15(2)31)24(21-12-11-20(33-21)17-5-7-18(27)8-6-17)30-25(32)22(34-26(30)29-14)13-16-3-9-19(28)10-4-16/h3-13,24H,1-2H3/b22-13+/t24-/m1/s1. The Kier molecular flexibility index (Phi) is 5.79. The summed E-state index contributed by atoms with van der Waals surface area (Å²) in [5, 5.41) is 0. The van der Waals surface area contributed by atoms with E-state index in [1.807, 2.05) is 30.3 Å². The van der Waals surface area contributed by atoms with Crippen LogP contribution in [0.15, 0.2) is 90.6 Å². The van der Waals surface area contributed by atoms with Crippen LogP contribution in [0.4, 0.5) is 4.39 Å². The van der Waals surface area contributed by atoms with Crippen LogP contribution in [0, 0.1) is 5.82 Å². The molecule has 1 aliphatic heterocycles. The van der Waals surface area contributed by atoms with Gasteiger partial charge in [0.1, 0.15) is 23.4 Å². The van der Waals surface area contributed by atoms with E-state index in [1.165, 1.54) is 35.0 Å². The van der Waals surface area contributed by atoms with E-state index in [0.717, 1.165) is 10.0 Å². The first-order valence-corrected chi connectivity index (χ1v) is 12.1. The third-order valence-electron chi connectivity index (χ3n) is 5.59. The van der Waals surface area contributed by atoms with Gasteiger partial charge in [0.15, 0.2) is 10.6 Å². The van der Waals surface area contributed by atoms with Crippen molar-refractivity contribution in [3.05, 3.63) is 113 Å². The van der Waals surface area contributed by atoms with E-state index in [1.54, 1.807) is 31.2 Å². The Morgan fingerprint density at radius 1 is 1.12 bits per heavy atom. The van der Waals surface area contributed by atoms with Crippen LogP contribution in [0.25, 0.3) is 17.4 Å². The molecule has 0 amide bonds. The van der Waals surface area contributed by atoms with Crippen molar-refractivity contribution >= 4 is 39.1 Å². The maximum atomic E-state index is 13.5. The predicted octanol–water partition coefficient (Wildman–Crippen LogP) is 4.99. The monoisotopic (exact) mass is 536 g/mol. The number of halogens is 2. The number of thiazole rings is 1. The lowest BCUT2D eigenvalue weighted by Crippen LogP contribution is -2.39. The number of aromatic nitrogens is 1. The number of Topliss-reactive ketones (excluding diaryl/α,β-unsaturated/α-hetero) is 1. The molecule has 0 aliphatic carbocycles. The second-order valence-corrected chi connectivity index (χ2v) is 9.82. The highest BCUT2D eigenvalue weighted by Gasteiger charge is 2.33. The van der Waals surface area contributed by atoms with Crippen molar-refractivity contribution in [1.29, 1.82) is 0 Å². The van der Waals surface area contributed by atoms with Gasteiger partial charge in [-0.1, -0.05) is 51.5 Å². The number of carbonyl (C=O) groups is 1. The second-order valence-electron chi connectivity index (χ2n) is 7.90. The molecule has 0 unspecified atom stereocenters. The average Bonchev–Trinajstić information content (AvgIpc) is 3.40. The molecule has 0 fully saturated rings. The van der Waals surface area contributed by atoms with Gasteiger partial charge < -0.3 is 4.42 Å². The quantitative estimate of drug-likeness (QED) is 0.369. The largest absolute Gasteiger partial charge is 0.458 e. The van der Waals surface area contributed by atoms with Crippen LogP contribution in [-0.4, -0.2) is 10.4 Å². The molecule has 0 bridgehead atoms. The van der Waals surface area contributed by atoms with Gasteiger partial charge in [-0.2, -0.15) is 0 Å². The fraction of sp³-hybridized carbons (Fsp3) is 0.115. The number of hydrogen-bond donors (Lipinski definition) is 0. The highest BCUT2D eigenvalue weighted by molar-refractivity contribution is 9.10. The number of furan rings is 1. The minimum atomic E-state index is -0.728. The van der Waals surface area contributed by atoms with Crippen LogP contribution in [0.5, 0.6) is 0 Å². The van der Waals surface area contributed by atoms with E-state index in [4.69, 9.17) is 4.42 Å². The van der Waals surface area contributed by atoms with Crippen LogP contribution < -0.4 is 14.9 Å². The molecule has 0 saturated carbocycles. The zero-order chi connectivity index (χ0) is 24.0. The summed E-state index contributed by atoms with van der Waals surface area (Å²) >= 11 is 4.65. The Hall–Kier alpha value is -3.36. The van der Waals surface area contributed by atoms with E-state index in [2.05, 4.69) is 20.9 Å². The van der Waals surface area contributed by atoms with Gasteiger partial charge in [-0.25, -0.2) is 9.38 Å². The molecule has 3 heterocycles. The van der Waals surface area contributed by atoms with Gasteiger partial charge in [-0.05, 0) is 61.9 Å². The molecule has 0 N–H and O–H groups in total. The molecule has 2 aromatic carbocycles. The lowest BCUT2D eigenvalue weighted by atomic mass is 9.98. The first-order chi connectivity index (χ1) is 16.3. The van der Waals surface area contributed by atoms with Crippen molar-refractivity contribution in [3.8, 4) is 11.3 Å². The minimum Gasteiger partial charge on any atom is -0.458 e. The first-order valence-electron chi connectivity index (χ1n) is 10.5. The van der Waals surface area contributed by atoms with Gasteiger partial charge in [-0.3, -0.25) is 14.2 Å². The number of ketones is 1. The zero-order valence-corrected chi connectivity index (χ0v) is 20.6. The SMILES string of the molecule is CC(=O)C1=C(C)N=c2s/c(=C/c3ccc(F)cc3)c(=O)n2[C@@H]1c1ccc(-c2ccc(Br)cc2)o1. The summed E-state index contributed by atoms with van der Waals surface area (Å²) in [5.74, 6) is 0.584. The summed E-state index contributed by atoms with van der Waals surface area (Å²) in [6, 6.07) is 16.5. The smallest absolute Gasteiger partial charge is 0.271 e. The van der Waals surface area contributed by atoms with E-state index in [-0.39, 0.29) is 17.2 Å². The van der Waals surface area contributed by atoms with Gasteiger partial charge in [0.05, 0.1) is 4.53 Å². The third-order valence-corrected chi connectivity index (χ3v) is 7.11. The van der Waals surface area contributed by atoms with E-state index >= 15 is 0 Å². The van der Waals surface area contributed by atoms with Crippen molar-refractivity contribution in [3.63, 3.8) is 0 Å². The zero-order valence-electron chi connectivity index (χ0n) is 18.2. The van der Waals surface area contributed by atoms with Gasteiger partial charge in [0.2, 0.25) is 0 Å². The lowest BCUT2D eigenvalue weighted by molar-refractivity contribution is -0.114. The summed E-state index contributed by atoms with van der Waals surface area (Å²) in [6.07, 6.45) is 1.70. The maximum absolute atomic E-state index is 13.5. The average molecular weight is 537 g/mol. The molecule has 4 aromatic rings. The van der Waals surface area contributed by atoms with Gasteiger partial charge in [0, 0.05) is 21.3 Å². The van der Waals surface area contributed by atoms with E-state index in [9.17, 15) is 14.0 Å². The number of nitrogens with zero attached hydrogens (tertiary/aromatic N) is 2.